The predicted octanol–water partition coefficient (Wildman–Crippen LogP) is 3.80. The molecule has 1 aromatic carbocycles. The van der Waals surface area contributed by atoms with Crippen LogP contribution in [0.4, 0.5) is 13.2 Å². The molecule has 0 aliphatic heterocycles. The van der Waals surface area contributed by atoms with Crippen molar-refractivity contribution in [2.24, 2.45) is 0 Å². The first-order valence-corrected chi connectivity index (χ1v) is 8.02. The molecule has 0 saturated carbocycles. The Kier molecular flexibility index (Phi) is 4.66. The molecule has 2 aromatic heterocycles. The molecule has 26 heavy (non-hydrogen) atoms. The summed E-state index contributed by atoms with van der Waals surface area (Å²) in [5, 5.41) is 4.51. The van der Waals surface area contributed by atoms with Gasteiger partial charge in [-0.15, -0.1) is 5.10 Å². The third-order valence-electron chi connectivity index (χ3n) is 3.53. The van der Waals surface area contributed by atoms with Crippen molar-refractivity contribution in [2.45, 2.75) is 25.9 Å². The van der Waals surface area contributed by atoms with Crippen LogP contribution in [0.1, 0.15) is 25.5 Å². The minimum Gasteiger partial charge on any atom is -0.454 e. The van der Waals surface area contributed by atoms with Gasteiger partial charge >= 0.3 is 12.2 Å². The molecule has 0 atom stereocenters. The Balaban J connectivity index is 2.20. The quantitative estimate of drug-likeness (QED) is 0.740. The lowest BCUT2D eigenvalue weighted by atomic mass is 10.0. The number of ether oxygens (including phenoxy) is 1. The molecule has 0 aliphatic carbocycles. The predicted molar refractivity (Wildman–Crippen MR) is 89.7 cm³/mol. The van der Waals surface area contributed by atoms with E-state index < -0.39 is 24.4 Å². The van der Waals surface area contributed by atoms with E-state index in [1.807, 2.05) is 13.8 Å². The van der Waals surface area contributed by atoms with Crippen LogP contribution in [0, 0.1) is 0 Å². The lowest BCUT2D eigenvalue weighted by molar-refractivity contribution is -0.154. The number of halogens is 4. The number of H-pyrrole nitrogens is 1. The number of nitrogens with zero attached hydrogens (tertiary/aromatic N) is 3. The maximum Gasteiger partial charge on any atom is 0.422 e. The molecule has 2 heterocycles. The van der Waals surface area contributed by atoms with E-state index in [9.17, 15) is 18.0 Å². The first-order valence-electron chi connectivity index (χ1n) is 7.64. The first-order chi connectivity index (χ1) is 12.2. The summed E-state index contributed by atoms with van der Waals surface area (Å²) in [6, 6.07) is 6.22. The molecule has 0 unspecified atom stereocenters. The van der Waals surface area contributed by atoms with Gasteiger partial charge in [-0.2, -0.15) is 13.2 Å². The van der Waals surface area contributed by atoms with Crippen LogP contribution in [-0.2, 0) is 0 Å². The fourth-order valence-electron chi connectivity index (χ4n) is 2.44. The van der Waals surface area contributed by atoms with Crippen molar-refractivity contribution in [3.8, 4) is 17.3 Å². The topological polar surface area (TPSA) is 72.3 Å². The monoisotopic (exact) mass is 386 g/mol. The van der Waals surface area contributed by atoms with Crippen LogP contribution in [0.15, 0.2) is 29.1 Å². The van der Waals surface area contributed by atoms with E-state index in [-0.39, 0.29) is 11.6 Å². The molecular weight excluding hydrogens is 373 g/mol. The van der Waals surface area contributed by atoms with Gasteiger partial charge in [0.2, 0.25) is 5.65 Å². The van der Waals surface area contributed by atoms with Crippen molar-refractivity contribution < 1.29 is 17.9 Å². The Morgan fingerprint density at radius 2 is 1.92 bits per heavy atom. The number of benzene rings is 1. The average Bonchev–Trinajstić information content (AvgIpc) is 2.93. The van der Waals surface area contributed by atoms with Crippen molar-refractivity contribution in [2.75, 3.05) is 6.61 Å². The highest BCUT2D eigenvalue weighted by Gasteiger charge is 2.29. The second kappa shape index (κ2) is 6.64. The molecule has 138 valence electrons. The number of rotatable bonds is 4. The number of alkyl halides is 3. The number of hydrogen-bond acceptors (Lipinski definition) is 4. The normalized spacial score (nSPS) is 12.1. The highest BCUT2D eigenvalue weighted by Crippen LogP contribution is 2.30. The van der Waals surface area contributed by atoms with E-state index in [1.54, 1.807) is 24.3 Å². The van der Waals surface area contributed by atoms with Crippen molar-refractivity contribution in [3.05, 3.63) is 45.3 Å². The minimum atomic E-state index is -4.55. The van der Waals surface area contributed by atoms with E-state index in [2.05, 4.69) is 19.8 Å². The van der Waals surface area contributed by atoms with Crippen molar-refractivity contribution >= 4 is 17.2 Å². The summed E-state index contributed by atoms with van der Waals surface area (Å²) in [7, 11) is 0. The molecule has 10 heteroatoms. The van der Waals surface area contributed by atoms with Gasteiger partial charge in [0, 0.05) is 10.6 Å². The maximum atomic E-state index is 12.4. The van der Waals surface area contributed by atoms with Crippen molar-refractivity contribution in [1.29, 1.82) is 0 Å². The molecule has 0 bridgehead atoms. The molecule has 0 saturated heterocycles. The molecule has 1 N–H and O–H groups in total. The summed E-state index contributed by atoms with van der Waals surface area (Å²) < 4.78 is 42.9. The number of aromatic amines is 1. The van der Waals surface area contributed by atoms with Crippen molar-refractivity contribution in [1.82, 2.24) is 19.6 Å². The molecule has 3 rings (SSSR count). The second-order valence-electron chi connectivity index (χ2n) is 5.91. The van der Waals surface area contributed by atoms with Crippen LogP contribution >= 0.6 is 11.6 Å². The SMILES string of the molecule is CC(C)c1nc2c(=O)[nH]c(OCC(F)(F)F)nn2c1-c1ccc(Cl)cc1. The van der Waals surface area contributed by atoms with E-state index in [1.165, 1.54) is 4.52 Å². The second-order valence-corrected chi connectivity index (χ2v) is 6.34. The molecule has 0 aliphatic rings. The fraction of sp³-hybridized carbons (Fsp3) is 0.312. The van der Waals surface area contributed by atoms with Gasteiger partial charge in [-0.05, 0) is 18.1 Å². The lowest BCUT2D eigenvalue weighted by Crippen LogP contribution is -2.23. The molecular formula is C16H14ClF3N4O2. The first kappa shape index (κ1) is 18.2. The van der Waals surface area contributed by atoms with Gasteiger partial charge in [-0.1, -0.05) is 37.6 Å². The van der Waals surface area contributed by atoms with Gasteiger partial charge in [0.25, 0.3) is 5.56 Å². The standard InChI is InChI=1S/C16H14ClF3N4O2/c1-8(2)11-12(9-3-5-10(17)6-4-9)24-13(21-11)14(25)22-15(23-24)26-7-16(18,19)20/h3-6,8H,7H2,1-2H3,(H,22,23,25). The molecule has 0 spiro atoms. The van der Waals surface area contributed by atoms with Crippen LogP contribution in [0.5, 0.6) is 6.01 Å². The minimum absolute atomic E-state index is 0.0296. The molecule has 0 amide bonds. The lowest BCUT2D eigenvalue weighted by Gasteiger charge is -2.09. The van der Waals surface area contributed by atoms with Crippen LogP contribution < -0.4 is 10.3 Å². The highest BCUT2D eigenvalue weighted by atomic mass is 35.5. The summed E-state index contributed by atoms with van der Waals surface area (Å²) in [5.41, 5.74) is 1.02. The Hall–Kier alpha value is -2.55. The summed E-state index contributed by atoms with van der Waals surface area (Å²) in [6.45, 7) is 2.20. The average molecular weight is 387 g/mol. The molecule has 3 aromatic rings. The summed E-state index contributed by atoms with van der Waals surface area (Å²) in [6.07, 6.45) is -4.55. The van der Waals surface area contributed by atoms with Gasteiger partial charge in [0.05, 0.1) is 11.4 Å². The zero-order valence-corrected chi connectivity index (χ0v) is 14.5. The Bertz CT molecular complexity index is 994. The maximum absolute atomic E-state index is 12.4. The molecule has 0 fully saturated rings. The Morgan fingerprint density at radius 3 is 2.50 bits per heavy atom. The Morgan fingerprint density at radius 1 is 1.27 bits per heavy atom. The fourth-order valence-corrected chi connectivity index (χ4v) is 2.56. The van der Waals surface area contributed by atoms with Crippen LogP contribution in [0.3, 0.4) is 0 Å². The van der Waals surface area contributed by atoms with Crippen LogP contribution in [0.2, 0.25) is 5.02 Å². The van der Waals surface area contributed by atoms with Gasteiger partial charge in [-0.3, -0.25) is 9.78 Å². The van der Waals surface area contributed by atoms with Gasteiger partial charge in [0.15, 0.2) is 6.61 Å². The Labute approximate surface area is 150 Å². The third-order valence-corrected chi connectivity index (χ3v) is 3.78. The highest BCUT2D eigenvalue weighted by molar-refractivity contribution is 6.30. The largest absolute Gasteiger partial charge is 0.454 e. The van der Waals surface area contributed by atoms with Crippen molar-refractivity contribution in [3.63, 3.8) is 0 Å². The summed E-state index contributed by atoms with van der Waals surface area (Å²) >= 11 is 5.91. The molecule has 0 radical (unpaired) electrons. The van der Waals surface area contributed by atoms with E-state index >= 15 is 0 Å². The third kappa shape index (κ3) is 3.67. The van der Waals surface area contributed by atoms with Gasteiger partial charge < -0.3 is 4.74 Å². The van der Waals surface area contributed by atoms with Crippen LogP contribution in [0.25, 0.3) is 16.9 Å². The summed E-state index contributed by atoms with van der Waals surface area (Å²) in [5.74, 6) is -0.0543. The number of hydrogen-bond donors (Lipinski definition) is 1. The zero-order valence-electron chi connectivity index (χ0n) is 13.8. The number of fused-ring (bicyclic) bond motifs is 1. The zero-order chi connectivity index (χ0) is 19.1. The number of aromatic nitrogens is 4. The van der Waals surface area contributed by atoms with Crippen LogP contribution in [-0.4, -0.2) is 32.4 Å². The van der Waals surface area contributed by atoms with Gasteiger partial charge in [-0.25, -0.2) is 9.50 Å². The number of nitrogens with one attached hydrogen (secondary N) is 1. The van der Waals surface area contributed by atoms with E-state index in [0.717, 1.165) is 0 Å². The van der Waals surface area contributed by atoms with E-state index in [0.29, 0.717) is 22.0 Å². The van der Waals surface area contributed by atoms with Gasteiger partial charge in [0.1, 0.15) is 0 Å². The van der Waals surface area contributed by atoms with E-state index in [4.69, 9.17) is 11.6 Å². The number of imidazole rings is 1. The molecule has 6 nitrogen and oxygen atoms in total. The summed E-state index contributed by atoms with van der Waals surface area (Å²) in [4.78, 5) is 18.7. The smallest absolute Gasteiger partial charge is 0.422 e.